The molecule has 2 heterocycles. The summed E-state index contributed by atoms with van der Waals surface area (Å²) >= 11 is 0. The lowest BCUT2D eigenvalue weighted by Gasteiger charge is -2.36. The molecule has 2 N–H and O–H groups in total. The molecule has 31 heavy (non-hydrogen) atoms. The van der Waals surface area contributed by atoms with Crippen LogP contribution in [-0.2, 0) is 6.54 Å². The van der Waals surface area contributed by atoms with Crippen LogP contribution in [0, 0.1) is 20.8 Å². The summed E-state index contributed by atoms with van der Waals surface area (Å²) in [5, 5.41) is 6.72. The summed E-state index contributed by atoms with van der Waals surface area (Å²) in [5.41, 5.74) is 3.62. The van der Waals surface area contributed by atoms with Crippen LogP contribution in [0.15, 0.2) is 33.7 Å². The van der Waals surface area contributed by atoms with E-state index < -0.39 is 0 Å². The Morgan fingerprint density at radius 2 is 1.90 bits per heavy atom. The summed E-state index contributed by atoms with van der Waals surface area (Å²) in [6.07, 6.45) is 2.31. The first-order valence-corrected chi connectivity index (χ1v) is 11.5. The number of unbranched alkanes of at least 4 members (excludes halogenated alkanes) is 1. The average molecular weight is 427 g/mol. The number of aromatic nitrogens is 1. The van der Waals surface area contributed by atoms with Crippen LogP contribution in [0.4, 0.5) is 5.69 Å². The summed E-state index contributed by atoms with van der Waals surface area (Å²) in [5.74, 6) is 2.35. The van der Waals surface area contributed by atoms with Crippen molar-refractivity contribution in [3.8, 4) is 0 Å². The quantitative estimate of drug-likeness (QED) is 0.364. The SMILES string of the molecule is CCNC(=NCc1nc(C)c(C)o1)NCCCCN1CCN(c2cccc(C)c2)CC1. The lowest BCUT2D eigenvalue weighted by Crippen LogP contribution is -2.46. The fourth-order valence-corrected chi connectivity index (χ4v) is 3.82. The lowest BCUT2D eigenvalue weighted by molar-refractivity contribution is 0.253. The number of aryl methyl sites for hydroxylation is 3. The molecule has 1 saturated heterocycles. The molecule has 3 rings (SSSR count). The van der Waals surface area contributed by atoms with Crippen LogP contribution < -0.4 is 15.5 Å². The van der Waals surface area contributed by atoms with E-state index in [0.717, 1.165) is 69.6 Å². The van der Waals surface area contributed by atoms with E-state index in [1.807, 2.05) is 13.8 Å². The molecule has 0 amide bonds. The van der Waals surface area contributed by atoms with Crippen molar-refractivity contribution in [2.75, 3.05) is 50.7 Å². The van der Waals surface area contributed by atoms with Gasteiger partial charge in [-0.25, -0.2) is 9.98 Å². The molecule has 1 aromatic carbocycles. The van der Waals surface area contributed by atoms with Gasteiger partial charge in [0.1, 0.15) is 12.3 Å². The molecule has 0 radical (unpaired) electrons. The van der Waals surface area contributed by atoms with Crippen LogP contribution in [0.5, 0.6) is 0 Å². The highest BCUT2D eigenvalue weighted by Gasteiger charge is 2.16. The molecule has 0 aliphatic carbocycles. The van der Waals surface area contributed by atoms with Crippen molar-refractivity contribution < 1.29 is 4.42 Å². The van der Waals surface area contributed by atoms with Crippen molar-refractivity contribution in [3.63, 3.8) is 0 Å². The maximum Gasteiger partial charge on any atom is 0.216 e. The monoisotopic (exact) mass is 426 g/mol. The molecule has 7 nitrogen and oxygen atoms in total. The van der Waals surface area contributed by atoms with Gasteiger partial charge in [0.15, 0.2) is 5.96 Å². The van der Waals surface area contributed by atoms with Crippen molar-refractivity contribution in [2.24, 2.45) is 4.99 Å². The predicted molar refractivity (Wildman–Crippen MR) is 128 cm³/mol. The Kier molecular flexibility index (Phi) is 8.76. The molecular formula is C24H38N6O. The molecular weight excluding hydrogens is 388 g/mol. The minimum Gasteiger partial charge on any atom is -0.444 e. The normalized spacial score (nSPS) is 15.4. The second kappa shape index (κ2) is 11.7. The molecule has 0 bridgehead atoms. The Hall–Kier alpha value is -2.54. The number of hydrogen-bond acceptors (Lipinski definition) is 5. The molecule has 170 valence electrons. The molecule has 7 heteroatoms. The van der Waals surface area contributed by atoms with Gasteiger partial charge in [-0.15, -0.1) is 0 Å². The van der Waals surface area contributed by atoms with Gasteiger partial charge in [0.25, 0.3) is 0 Å². The third-order valence-electron chi connectivity index (χ3n) is 5.72. The first kappa shape index (κ1) is 23.1. The maximum atomic E-state index is 5.61. The summed E-state index contributed by atoms with van der Waals surface area (Å²) in [6.45, 7) is 16.0. The molecule has 1 aromatic heterocycles. The van der Waals surface area contributed by atoms with Gasteiger partial charge in [0, 0.05) is 45.0 Å². The number of guanidine groups is 1. The van der Waals surface area contributed by atoms with Crippen LogP contribution in [0.3, 0.4) is 0 Å². The van der Waals surface area contributed by atoms with E-state index in [1.54, 1.807) is 0 Å². The van der Waals surface area contributed by atoms with Gasteiger partial charge in [-0.3, -0.25) is 4.90 Å². The van der Waals surface area contributed by atoms with E-state index in [4.69, 9.17) is 4.42 Å². The zero-order valence-electron chi connectivity index (χ0n) is 19.6. The highest BCUT2D eigenvalue weighted by atomic mass is 16.4. The van der Waals surface area contributed by atoms with E-state index in [-0.39, 0.29) is 0 Å². The van der Waals surface area contributed by atoms with Gasteiger partial charge in [0.2, 0.25) is 5.89 Å². The van der Waals surface area contributed by atoms with Crippen molar-refractivity contribution in [1.29, 1.82) is 0 Å². The summed E-state index contributed by atoms with van der Waals surface area (Å²) in [7, 11) is 0. The number of nitrogens with zero attached hydrogens (tertiary/aromatic N) is 4. The van der Waals surface area contributed by atoms with Gasteiger partial charge in [-0.1, -0.05) is 12.1 Å². The summed E-state index contributed by atoms with van der Waals surface area (Å²) in [6, 6.07) is 8.83. The number of hydrogen-bond donors (Lipinski definition) is 2. The summed E-state index contributed by atoms with van der Waals surface area (Å²) < 4.78 is 5.61. The average Bonchev–Trinajstić information content (AvgIpc) is 3.09. The van der Waals surface area contributed by atoms with Crippen LogP contribution in [-0.4, -0.2) is 61.7 Å². The minimum atomic E-state index is 0.454. The third-order valence-corrected chi connectivity index (χ3v) is 5.72. The first-order valence-electron chi connectivity index (χ1n) is 11.5. The number of nitrogens with one attached hydrogen (secondary N) is 2. The zero-order valence-corrected chi connectivity index (χ0v) is 19.6. The van der Waals surface area contributed by atoms with E-state index in [0.29, 0.717) is 12.4 Å². The molecule has 0 unspecified atom stereocenters. The maximum absolute atomic E-state index is 5.61. The van der Waals surface area contributed by atoms with Crippen molar-refractivity contribution in [3.05, 3.63) is 47.2 Å². The number of oxazole rings is 1. The number of piperazine rings is 1. The molecule has 1 fully saturated rings. The minimum absolute atomic E-state index is 0.454. The Bertz CT molecular complexity index is 819. The lowest BCUT2D eigenvalue weighted by atomic mass is 10.2. The fraction of sp³-hybridized carbons (Fsp3) is 0.583. The van der Waals surface area contributed by atoms with Crippen molar-refractivity contribution in [1.82, 2.24) is 20.5 Å². The largest absolute Gasteiger partial charge is 0.444 e. The van der Waals surface area contributed by atoms with E-state index in [9.17, 15) is 0 Å². The molecule has 2 aromatic rings. The number of rotatable bonds is 9. The van der Waals surface area contributed by atoms with Crippen LogP contribution in [0.2, 0.25) is 0 Å². The van der Waals surface area contributed by atoms with Crippen molar-refractivity contribution in [2.45, 2.75) is 47.1 Å². The topological polar surface area (TPSA) is 68.9 Å². The van der Waals surface area contributed by atoms with E-state index in [2.05, 4.69) is 68.5 Å². The standard InChI is InChI=1S/C24H38N6O/c1-5-25-24(27-18-23-28-20(3)21(4)31-23)26-11-6-7-12-29-13-15-30(16-14-29)22-10-8-9-19(2)17-22/h8-10,17H,5-7,11-16,18H2,1-4H3,(H2,25,26,27). The van der Waals surface area contributed by atoms with E-state index >= 15 is 0 Å². The smallest absolute Gasteiger partial charge is 0.216 e. The third kappa shape index (κ3) is 7.28. The Morgan fingerprint density at radius 1 is 1.10 bits per heavy atom. The second-order valence-corrected chi connectivity index (χ2v) is 8.25. The highest BCUT2D eigenvalue weighted by Crippen LogP contribution is 2.18. The van der Waals surface area contributed by atoms with Crippen LogP contribution in [0.25, 0.3) is 0 Å². The molecule has 0 spiro atoms. The Labute approximate surface area is 186 Å². The summed E-state index contributed by atoms with van der Waals surface area (Å²) in [4.78, 5) is 14.1. The Morgan fingerprint density at radius 3 is 2.58 bits per heavy atom. The number of aliphatic imine (C=N–C) groups is 1. The molecule has 1 aliphatic rings. The second-order valence-electron chi connectivity index (χ2n) is 8.25. The molecule has 1 aliphatic heterocycles. The van der Waals surface area contributed by atoms with E-state index in [1.165, 1.54) is 17.7 Å². The highest BCUT2D eigenvalue weighted by molar-refractivity contribution is 5.79. The van der Waals surface area contributed by atoms with Crippen LogP contribution >= 0.6 is 0 Å². The fourth-order valence-electron chi connectivity index (χ4n) is 3.82. The van der Waals surface area contributed by atoms with Crippen molar-refractivity contribution >= 4 is 11.6 Å². The number of benzene rings is 1. The predicted octanol–water partition coefficient (Wildman–Crippen LogP) is 3.26. The first-order chi connectivity index (χ1) is 15.0. The number of anilines is 1. The van der Waals surface area contributed by atoms with Gasteiger partial charge < -0.3 is 20.0 Å². The van der Waals surface area contributed by atoms with Gasteiger partial charge >= 0.3 is 0 Å². The van der Waals surface area contributed by atoms with Gasteiger partial charge in [-0.05, 0) is 64.8 Å². The Balaban J connectivity index is 1.33. The zero-order chi connectivity index (χ0) is 22.1. The van der Waals surface area contributed by atoms with Crippen LogP contribution in [0.1, 0.15) is 42.7 Å². The molecule has 0 saturated carbocycles. The molecule has 0 atom stereocenters. The van der Waals surface area contributed by atoms with Gasteiger partial charge in [0.05, 0.1) is 5.69 Å². The van der Waals surface area contributed by atoms with Gasteiger partial charge in [-0.2, -0.15) is 0 Å².